The van der Waals surface area contributed by atoms with Gasteiger partial charge in [0.05, 0.1) is 0 Å². The zero-order valence-electron chi connectivity index (χ0n) is 8.40. The summed E-state index contributed by atoms with van der Waals surface area (Å²) in [6, 6.07) is 0. The highest BCUT2D eigenvalue weighted by molar-refractivity contribution is 8.70. The number of rotatable bonds is 6. The molecular weight excluding hydrogens is 224 g/mol. The Morgan fingerprint density at radius 3 is 2.50 bits per heavy atom. The van der Waals surface area contributed by atoms with Gasteiger partial charge in [-0.15, -0.1) is 0 Å². The lowest BCUT2D eigenvalue weighted by Crippen LogP contribution is -2.09. The molecule has 0 aliphatic heterocycles. The number of ketones is 1. The van der Waals surface area contributed by atoms with Crippen molar-refractivity contribution in [2.45, 2.75) is 13.8 Å². The van der Waals surface area contributed by atoms with Crippen molar-refractivity contribution in [3.63, 3.8) is 0 Å². The van der Waals surface area contributed by atoms with E-state index >= 15 is 0 Å². The van der Waals surface area contributed by atoms with Crippen LogP contribution in [0.1, 0.15) is 13.8 Å². The lowest BCUT2D eigenvalue weighted by molar-refractivity contribution is -0.113. The van der Waals surface area contributed by atoms with Crippen LogP contribution < -0.4 is 0 Å². The zero-order chi connectivity index (χ0) is 11.1. The van der Waals surface area contributed by atoms with Crippen molar-refractivity contribution in [3.8, 4) is 0 Å². The second-order valence-corrected chi connectivity index (χ2v) is 5.71. The maximum absolute atomic E-state index is 11.5. The normalized spacial score (nSPS) is 14.8. The van der Waals surface area contributed by atoms with Crippen LogP contribution in [-0.2, 0) is 19.4 Å². The third-order valence-corrected chi connectivity index (χ3v) is 4.41. The molecule has 0 rings (SSSR count). The zero-order valence-corrected chi connectivity index (χ0v) is 10.0. The highest BCUT2D eigenvalue weighted by atomic mass is 33.1. The van der Waals surface area contributed by atoms with Crippen molar-refractivity contribution in [3.05, 3.63) is 10.7 Å². The molecular formula is C8H14O4S2. The molecule has 1 unspecified atom stereocenters. The molecule has 1 atom stereocenters. The largest absolute Gasteiger partial charge is 0.508 e. The van der Waals surface area contributed by atoms with Crippen molar-refractivity contribution in [1.82, 2.24) is 0 Å². The maximum Gasteiger partial charge on any atom is 0.173 e. The summed E-state index contributed by atoms with van der Waals surface area (Å²) in [6.45, 7) is 3.01. The van der Waals surface area contributed by atoms with E-state index in [2.05, 4.69) is 4.74 Å². The standard InChI is InChI=1S/C8H14O4S2/c1-4-13-14(11)8(6(2)9)7(10)5-12-3/h10H,4-5H2,1-3H3. The molecule has 0 saturated heterocycles. The van der Waals surface area contributed by atoms with Gasteiger partial charge < -0.3 is 9.84 Å². The molecule has 0 radical (unpaired) electrons. The summed E-state index contributed by atoms with van der Waals surface area (Å²) >= 11 is 0. The SMILES string of the molecule is CCSS(=O)C(C(C)=O)=C(O)COC. The Labute approximate surface area is 89.6 Å². The summed E-state index contributed by atoms with van der Waals surface area (Å²) in [5, 5.41) is 9.40. The van der Waals surface area contributed by atoms with Crippen molar-refractivity contribution >= 4 is 26.4 Å². The summed E-state index contributed by atoms with van der Waals surface area (Å²) in [5.41, 5.74) is 0. The quantitative estimate of drug-likeness (QED) is 0.430. The number of carbonyl (C=O) groups excluding carboxylic acids is 1. The van der Waals surface area contributed by atoms with E-state index in [1.807, 2.05) is 6.92 Å². The molecule has 0 heterocycles. The fraction of sp³-hybridized carbons (Fsp3) is 0.625. The van der Waals surface area contributed by atoms with Gasteiger partial charge in [0.1, 0.15) is 27.1 Å². The van der Waals surface area contributed by atoms with Gasteiger partial charge in [0.2, 0.25) is 0 Å². The van der Waals surface area contributed by atoms with Gasteiger partial charge in [-0.1, -0.05) is 17.7 Å². The highest BCUT2D eigenvalue weighted by Gasteiger charge is 2.18. The molecule has 0 aromatic carbocycles. The summed E-state index contributed by atoms with van der Waals surface area (Å²) < 4.78 is 16.1. The molecule has 0 amide bonds. The third-order valence-electron chi connectivity index (χ3n) is 1.25. The number of allylic oxidation sites excluding steroid dienone is 1. The molecule has 0 aliphatic rings. The Kier molecular flexibility index (Phi) is 6.86. The number of aliphatic hydroxyl groups is 1. The lowest BCUT2D eigenvalue weighted by atomic mass is 10.3. The first-order valence-electron chi connectivity index (χ1n) is 4.01. The third kappa shape index (κ3) is 4.26. The molecule has 0 bridgehead atoms. The number of hydrogen-bond donors (Lipinski definition) is 1. The summed E-state index contributed by atoms with van der Waals surface area (Å²) in [5.74, 6) is -0.0259. The first-order chi connectivity index (χ1) is 6.54. The van der Waals surface area contributed by atoms with Crippen LogP contribution in [0.15, 0.2) is 10.7 Å². The van der Waals surface area contributed by atoms with Crippen molar-refractivity contribution in [2.75, 3.05) is 19.5 Å². The van der Waals surface area contributed by atoms with E-state index in [4.69, 9.17) is 0 Å². The van der Waals surface area contributed by atoms with E-state index in [1.54, 1.807) is 0 Å². The van der Waals surface area contributed by atoms with E-state index in [0.717, 1.165) is 10.8 Å². The number of ether oxygens (including phenoxy) is 1. The molecule has 4 nitrogen and oxygen atoms in total. The summed E-state index contributed by atoms with van der Waals surface area (Å²) in [4.78, 5) is 11.0. The van der Waals surface area contributed by atoms with Crippen LogP contribution in [0, 0.1) is 0 Å². The second kappa shape index (κ2) is 7.03. The van der Waals surface area contributed by atoms with Crippen LogP contribution in [0.25, 0.3) is 0 Å². The number of carbonyl (C=O) groups is 1. The number of aliphatic hydroxyl groups excluding tert-OH is 1. The highest BCUT2D eigenvalue weighted by Crippen LogP contribution is 2.19. The van der Waals surface area contributed by atoms with Crippen molar-refractivity contribution in [1.29, 1.82) is 0 Å². The Hall–Kier alpha value is -0.330. The first-order valence-corrected chi connectivity index (χ1v) is 6.66. The number of hydrogen-bond acceptors (Lipinski definition) is 5. The minimum absolute atomic E-state index is 0.0568. The molecule has 0 spiro atoms. The van der Waals surface area contributed by atoms with E-state index in [9.17, 15) is 14.1 Å². The van der Waals surface area contributed by atoms with E-state index in [-0.39, 0.29) is 23.1 Å². The molecule has 82 valence electrons. The second-order valence-electron chi connectivity index (χ2n) is 2.41. The van der Waals surface area contributed by atoms with Crippen LogP contribution in [0.2, 0.25) is 0 Å². The lowest BCUT2D eigenvalue weighted by Gasteiger charge is -2.05. The van der Waals surface area contributed by atoms with Gasteiger partial charge in [0.25, 0.3) is 0 Å². The van der Waals surface area contributed by atoms with Gasteiger partial charge in [0, 0.05) is 12.9 Å². The number of Topliss-reactive ketones (excluding diaryl/α,β-unsaturated/α-hetero) is 1. The molecule has 0 aromatic heterocycles. The minimum atomic E-state index is -1.50. The summed E-state index contributed by atoms with van der Waals surface area (Å²) in [6.07, 6.45) is 0. The molecule has 0 aliphatic carbocycles. The molecule has 0 saturated carbocycles. The average molecular weight is 238 g/mol. The topological polar surface area (TPSA) is 63.6 Å². The number of methoxy groups -OCH3 is 1. The van der Waals surface area contributed by atoms with Crippen LogP contribution in [0.4, 0.5) is 0 Å². The van der Waals surface area contributed by atoms with E-state index in [0.29, 0.717) is 5.75 Å². The Bertz CT molecular complexity index is 260. The Balaban J connectivity index is 4.83. The molecule has 6 heteroatoms. The Morgan fingerprint density at radius 2 is 2.14 bits per heavy atom. The monoisotopic (exact) mass is 238 g/mol. The van der Waals surface area contributed by atoms with E-state index in [1.165, 1.54) is 14.0 Å². The predicted octanol–water partition coefficient (Wildman–Crippen LogP) is 1.41. The maximum atomic E-state index is 11.5. The fourth-order valence-electron chi connectivity index (χ4n) is 0.785. The van der Waals surface area contributed by atoms with Crippen LogP contribution in [0.3, 0.4) is 0 Å². The van der Waals surface area contributed by atoms with Gasteiger partial charge in [-0.25, -0.2) is 4.21 Å². The Morgan fingerprint density at radius 1 is 1.57 bits per heavy atom. The van der Waals surface area contributed by atoms with Gasteiger partial charge in [-0.05, 0) is 6.92 Å². The minimum Gasteiger partial charge on any atom is -0.508 e. The smallest absolute Gasteiger partial charge is 0.173 e. The van der Waals surface area contributed by atoms with Crippen LogP contribution >= 0.6 is 10.8 Å². The van der Waals surface area contributed by atoms with Crippen LogP contribution in [-0.4, -0.2) is 34.6 Å². The predicted molar refractivity (Wildman–Crippen MR) is 58.5 cm³/mol. The molecule has 0 aromatic rings. The van der Waals surface area contributed by atoms with Crippen molar-refractivity contribution in [2.24, 2.45) is 0 Å². The summed E-state index contributed by atoms with van der Waals surface area (Å²) in [7, 11) is 0.990. The molecule has 1 N–H and O–H groups in total. The molecule has 0 fully saturated rings. The van der Waals surface area contributed by atoms with Gasteiger partial charge in [-0.3, -0.25) is 4.79 Å². The first kappa shape index (κ1) is 13.7. The van der Waals surface area contributed by atoms with Gasteiger partial charge >= 0.3 is 0 Å². The van der Waals surface area contributed by atoms with Crippen molar-refractivity contribution < 1.29 is 18.8 Å². The van der Waals surface area contributed by atoms with E-state index < -0.39 is 9.83 Å². The fourth-order valence-corrected chi connectivity index (χ4v) is 3.24. The van der Waals surface area contributed by atoms with Gasteiger partial charge in [-0.2, -0.15) is 0 Å². The molecule has 14 heavy (non-hydrogen) atoms. The van der Waals surface area contributed by atoms with Crippen LogP contribution in [0.5, 0.6) is 0 Å². The van der Waals surface area contributed by atoms with Gasteiger partial charge in [0.15, 0.2) is 5.78 Å². The average Bonchev–Trinajstić information content (AvgIpc) is 2.04.